The number of hydrogen-bond donors (Lipinski definition) is 4. The quantitative estimate of drug-likeness (QED) is 0.386. The highest BCUT2D eigenvalue weighted by atomic mass is 16.3. The van der Waals surface area contributed by atoms with Crippen LogP contribution in [0.25, 0.3) is 0 Å². The summed E-state index contributed by atoms with van der Waals surface area (Å²) < 4.78 is 0. The van der Waals surface area contributed by atoms with E-state index in [1.165, 1.54) is 5.56 Å². The molecule has 0 unspecified atom stereocenters. The number of amidine groups is 1. The number of hydrogen-bond acceptors (Lipinski definition) is 3. The van der Waals surface area contributed by atoms with E-state index in [4.69, 9.17) is 16.9 Å². The van der Waals surface area contributed by atoms with Crippen LogP contribution in [0.4, 0.5) is 5.69 Å². The summed E-state index contributed by atoms with van der Waals surface area (Å²) in [4.78, 5) is 0. The molecule has 0 radical (unpaired) electrons. The van der Waals surface area contributed by atoms with Gasteiger partial charge in [-0.1, -0.05) is 12.1 Å². The minimum atomic E-state index is 0.0166. The number of nitrogens with one attached hydrogen (secondary N) is 1. The Balaban J connectivity index is 2.05. The van der Waals surface area contributed by atoms with Crippen molar-refractivity contribution in [1.82, 2.24) is 0 Å². The summed E-state index contributed by atoms with van der Waals surface area (Å²) in [5.74, 6) is 0.271. The molecule has 0 amide bonds. The second-order valence-electron chi connectivity index (χ2n) is 5.24. The maximum Gasteiger partial charge on any atom is 0.122 e. The van der Waals surface area contributed by atoms with Gasteiger partial charge in [0.25, 0.3) is 0 Å². The van der Waals surface area contributed by atoms with Gasteiger partial charge >= 0.3 is 0 Å². The van der Waals surface area contributed by atoms with Gasteiger partial charge in [-0.2, -0.15) is 0 Å². The van der Waals surface area contributed by atoms with Gasteiger partial charge < -0.3 is 16.6 Å². The molecule has 0 heterocycles. The van der Waals surface area contributed by atoms with Crippen LogP contribution in [-0.2, 0) is 12.8 Å². The van der Waals surface area contributed by atoms with Crippen LogP contribution in [0.5, 0.6) is 5.75 Å². The molecule has 2 rings (SSSR count). The van der Waals surface area contributed by atoms with Gasteiger partial charge in [0.05, 0.1) is 0 Å². The second kappa shape index (κ2) is 6.31. The largest absolute Gasteiger partial charge is 0.508 e. The molecule has 4 heteroatoms. The SMILES string of the molecule is Cc1c(N)cccc1CCCc1cc(C(=N)N)ccc1O. The monoisotopic (exact) mass is 283 g/mol. The molecule has 2 aromatic rings. The molecule has 0 bridgehead atoms. The zero-order chi connectivity index (χ0) is 15.4. The van der Waals surface area contributed by atoms with Crippen molar-refractivity contribution in [2.24, 2.45) is 5.73 Å². The van der Waals surface area contributed by atoms with Crippen molar-refractivity contribution in [3.8, 4) is 5.75 Å². The number of anilines is 1. The summed E-state index contributed by atoms with van der Waals surface area (Å²) in [6.45, 7) is 2.03. The van der Waals surface area contributed by atoms with Crippen LogP contribution in [0.2, 0.25) is 0 Å². The van der Waals surface area contributed by atoms with Crippen molar-refractivity contribution in [1.29, 1.82) is 5.41 Å². The molecule has 0 aromatic heterocycles. The number of benzene rings is 2. The summed E-state index contributed by atoms with van der Waals surface area (Å²) in [5, 5.41) is 17.3. The Hall–Kier alpha value is -2.49. The van der Waals surface area contributed by atoms with Crippen LogP contribution in [0.15, 0.2) is 36.4 Å². The van der Waals surface area contributed by atoms with E-state index in [-0.39, 0.29) is 11.6 Å². The second-order valence-corrected chi connectivity index (χ2v) is 5.24. The van der Waals surface area contributed by atoms with Crippen molar-refractivity contribution >= 4 is 11.5 Å². The molecule has 0 saturated carbocycles. The van der Waals surface area contributed by atoms with E-state index in [0.717, 1.165) is 36.1 Å². The van der Waals surface area contributed by atoms with E-state index in [1.807, 2.05) is 19.1 Å². The fourth-order valence-corrected chi connectivity index (χ4v) is 2.40. The summed E-state index contributed by atoms with van der Waals surface area (Å²) in [7, 11) is 0. The molecule has 21 heavy (non-hydrogen) atoms. The molecular weight excluding hydrogens is 262 g/mol. The predicted octanol–water partition coefficient (Wildman–Crippen LogP) is 2.74. The highest BCUT2D eigenvalue weighted by Crippen LogP contribution is 2.22. The molecule has 0 aliphatic carbocycles. The minimum absolute atomic E-state index is 0.0166. The molecule has 0 saturated heterocycles. The normalized spacial score (nSPS) is 10.5. The van der Waals surface area contributed by atoms with Gasteiger partial charge in [0.15, 0.2) is 0 Å². The Morgan fingerprint density at radius 1 is 1.14 bits per heavy atom. The average molecular weight is 283 g/mol. The van der Waals surface area contributed by atoms with E-state index >= 15 is 0 Å². The molecule has 0 fully saturated rings. The van der Waals surface area contributed by atoms with Crippen molar-refractivity contribution in [3.05, 3.63) is 58.7 Å². The fraction of sp³-hybridized carbons (Fsp3) is 0.235. The van der Waals surface area contributed by atoms with E-state index in [9.17, 15) is 5.11 Å². The Morgan fingerprint density at radius 2 is 1.86 bits per heavy atom. The number of nitrogens with two attached hydrogens (primary N) is 2. The highest BCUT2D eigenvalue weighted by Gasteiger charge is 2.06. The average Bonchev–Trinajstić information content (AvgIpc) is 2.45. The lowest BCUT2D eigenvalue weighted by Crippen LogP contribution is -2.11. The first-order chi connectivity index (χ1) is 9.99. The minimum Gasteiger partial charge on any atom is -0.508 e. The molecular formula is C17H21N3O. The highest BCUT2D eigenvalue weighted by molar-refractivity contribution is 5.95. The third kappa shape index (κ3) is 3.54. The summed E-state index contributed by atoms with van der Waals surface area (Å²) in [6.07, 6.45) is 2.54. The molecule has 0 aliphatic heterocycles. The van der Waals surface area contributed by atoms with Gasteiger partial charge in [0.2, 0.25) is 0 Å². The molecule has 2 aromatic carbocycles. The van der Waals surface area contributed by atoms with Crippen LogP contribution in [0.1, 0.15) is 28.7 Å². The number of nitrogen functional groups attached to an aromatic ring is 2. The maximum absolute atomic E-state index is 9.88. The van der Waals surface area contributed by atoms with Gasteiger partial charge in [-0.05, 0) is 67.1 Å². The Morgan fingerprint density at radius 3 is 2.57 bits per heavy atom. The summed E-state index contributed by atoms with van der Waals surface area (Å²) >= 11 is 0. The van der Waals surface area contributed by atoms with E-state index < -0.39 is 0 Å². The smallest absolute Gasteiger partial charge is 0.122 e. The lowest BCUT2D eigenvalue weighted by molar-refractivity contribution is 0.467. The third-order valence-electron chi connectivity index (χ3n) is 3.77. The van der Waals surface area contributed by atoms with Crippen LogP contribution in [-0.4, -0.2) is 10.9 Å². The zero-order valence-electron chi connectivity index (χ0n) is 12.2. The number of phenolic OH excluding ortho intramolecular Hbond substituents is 1. The number of phenols is 1. The third-order valence-corrected chi connectivity index (χ3v) is 3.77. The first-order valence-electron chi connectivity index (χ1n) is 6.99. The number of rotatable bonds is 5. The van der Waals surface area contributed by atoms with Gasteiger partial charge in [0.1, 0.15) is 11.6 Å². The maximum atomic E-state index is 9.88. The van der Waals surface area contributed by atoms with Gasteiger partial charge in [-0.3, -0.25) is 5.41 Å². The molecule has 110 valence electrons. The Labute approximate surface area is 124 Å². The number of aryl methyl sites for hydroxylation is 2. The molecule has 0 atom stereocenters. The molecule has 0 spiro atoms. The van der Waals surface area contributed by atoms with Crippen LogP contribution in [0, 0.1) is 12.3 Å². The van der Waals surface area contributed by atoms with Crippen LogP contribution in [0.3, 0.4) is 0 Å². The molecule has 6 N–H and O–H groups in total. The van der Waals surface area contributed by atoms with Gasteiger partial charge in [-0.15, -0.1) is 0 Å². The standard InChI is InChI=1S/C17H21N3O/c1-11-12(5-3-7-15(11)18)4-2-6-13-10-14(17(19)20)8-9-16(13)21/h3,5,7-10,21H,2,4,6,18H2,1H3,(H3,19,20). The van der Waals surface area contributed by atoms with E-state index in [2.05, 4.69) is 6.07 Å². The van der Waals surface area contributed by atoms with E-state index in [1.54, 1.807) is 18.2 Å². The van der Waals surface area contributed by atoms with Crippen molar-refractivity contribution in [3.63, 3.8) is 0 Å². The van der Waals surface area contributed by atoms with E-state index in [0.29, 0.717) is 5.56 Å². The van der Waals surface area contributed by atoms with Crippen molar-refractivity contribution in [2.45, 2.75) is 26.2 Å². The molecule has 4 nitrogen and oxygen atoms in total. The fourth-order valence-electron chi connectivity index (χ4n) is 2.40. The van der Waals surface area contributed by atoms with Gasteiger partial charge in [-0.25, -0.2) is 0 Å². The Bertz CT molecular complexity index is 665. The zero-order valence-corrected chi connectivity index (χ0v) is 12.2. The van der Waals surface area contributed by atoms with Crippen LogP contribution >= 0.6 is 0 Å². The predicted molar refractivity (Wildman–Crippen MR) is 86.7 cm³/mol. The summed E-state index contributed by atoms with van der Waals surface area (Å²) in [5.41, 5.74) is 16.0. The first kappa shape index (κ1) is 14.9. The van der Waals surface area contributed by atoms with Crippen molar-refractivity contribution in [2.75, 3.05) is 5.73 Å². The van der Waals surface area contributed by atoms with Crippen LogP contribution < -0.4 is 11.5 Å². The topological polar surface area (TPSA) is 96.1 Å². The van der Waals surface area contributed by atoms with Gasteiger partial charge in [0, 0.05) is 11.3 Å². The summed E-state index contributed by atoms with van der Waals surface area (Å²) in [6, 6.07) is 11.0. The lowest BCUT2D eigenvalue weighted by Gasteiger charge is -2.10. The van der Waals surface area contributed by atoms with Crippen molar-refractivity contribution < 1.29 is 5.11 Å². The Kier molecular flexibility index (Phi) is 4.48. The number of aromatic hydroxyl groups is 1. The first-order valence-corrected chi connectivity index (χ1v) is 6.99. The molecule has 0 aliphatic rings. The lowest BCUT2D eigenvalue weighted by atomic mass is 9.98.